The van der Waals surface area contributed by atoms with Crippen LogP contribution in [0, 0.1) is 77.3 Å². The third-order valence-corrected chi connectivity index (χ3v) is 0. The van der Waals surface area contributed by atoms with Gasteiger partial charge in [-0.1, -0.05) is 0 Å². The predicted molar refractivity (Wildman–Crippen MR) is 0 cm³/mol. The molecule has 0 saturated heterocycles. The Bertz CT molecular complexity index is 8.00. The summed E-state index contributed by atoms with van der Waals surface area (Å²) in [5.74, 6) is 0. The van der Waals surface area contributed by atoms with Crippen molar-refractivity contribution in [2.45, 2.75) is 0 Å². The molecule has 4 heteroatoms. The summed E-state index contributed by atoms with van der Waals surface area (Å²) < 4.78 is 0. The minimum Gasteiger partial charge on any atom is 0 e. The van der Waals surface area contributed by atoms with Crippen molar-refractivity contribution in [1.82, 2.24) is 0 Å². The Kier molecular flexibility index (Phi) is 102. The molecular formula is CeCoLaMn. The summed E-state index contributed by atoms with van der Waals surface area (Å²) in [4.78, 5) is 0. The van der Waals surface area contributed by atoms with Gasteiger partial charge in [0.2, 0.25) is 0 Å². The number of rotatable bonds is 0. The maximum Gasteiger partial charge on any atom is 0 e. The predicted octanol–water partition coefficient (Wildman–Crippen LogP) is -0.00500. The Hall–Kier alpha value is 3.60. The summed E-state index contributed by atoms with van der Waals surface area (Å²) in [6.45, 7) is 0. The Morgan fingerprint density at radius 2 is 1.00 bits per heavy atom. The second-order valence-corrected chi connectivity index (χ2v) is 0. The van der Waals surface area contributed by atoms with Gasteiger partial charge in [0, 0.05) is 111 Å². The van der Waals surface area contributed by atoms with E-state index in [0.717, 1.165) is 0 Å². The number of hydrogen-bond donors (Lipinski definition) is 0. The minimum atomic E-state index is 0. The Morgan fingerprint density at radius 1 is 1.00 bits per heavy atom. The van der Waals surface area contributed by atoms with E-state index in [2.05, 4.69) is 0 Å². The minimum absolute atomic E-state index is 0. The molecule has 0 aliphatic heterocycles. The monoisotopic (exact) mass is 393 g/mol. The molecule has 0 atom stereocenters. The van der Waals surface area contributed by atoms with Gasteiger partial charge in [0.25, 0.3) is 0 Å². The molecule has 0 aliphatic carbocycles. The van der Waals surface area contributed by atoms with E-state index in [1.54, 1.807) is 0 Å². The van der Waals surface area contributed by atoms with Gasteiger partial charge in [-0.25, -0.2) is 0 Å². The van der Waals surface area contributed by atoms with Crippen molar-refractivity contribution in [3.05, 3.63) is 0 Å². The molecule has 0 aliphatic rings. The van der Waals surface area contributed by atoms with E-state index in [1.165, 1.54) is 0 Å². The maximum absolute atomic E-state index is 0. The van der Waals surface area contributed by atoms with Gasteiger partial charge in [-0.15, -0.1) is 0 Å². The Labute approximate surface area is 108 Å². The van der Waals surface area contributed by atoms with Crippen molar-refractivity contribution < 1.29 is 111 Å². The maximum atomic E-state index is 0. The van der Waals surface area contributed by atoms with E-state index >= 15 is 0 Å². The zero-order valence-corrected chi connectivity index (χ0v) is 10.8. The van der Waals surface area contributed by atoms with Crippen LogP contribution in [0.1, 0.15) is 0 Å². The van der Waals surface area contributed by atoms with E-state index in [0.29, 0.717) is 0 Å². The second kappa shape index (κ2) is 16.0. The van der Waals surface area contributed by atoms with Gasteiger partial charge in [-0.2, -0.15) is 0 Å². The molecule has 0 spiro atoms. The Morgan fingerprint density at radius 3 is 1.00 bits per heavy atom. The second-order valence-electron chi connectivity index (χ2n) is 0. The largest absolute Gasteiger partial charge is 0 e. The van der Waals surface area contributed by atoms with Gasteiger partial charge in [0.1, 0.15) is 0 Å². The molecule has 0 heterocycles. The summed E-state index contributed by atoms with van der Waals surface area (Å²) in [5, 5.41) is 0. The third kappa shape index (κ3) is 9.14. The SMILES string of the molecule is [Ce].[Co].[La].[Mn]. The van der Waals surface area contributed by atoms with Crippen molar-refractivity contribution >= 4 is 0 Å². The van der Waals surface area contributed by atoms with Gasteiger partial charge in [-0.05, 0) is 0 Å². The normalized spacial score (nSPS) is 0. The van der Waals surface area contributed by atoms with Crippen LogP contribution in [-0.4, -0.2) is 0 Å². The first-order chi connectivity index (χ1) is 0. The molecule has 0 fully saturated rings. The topological polar surface area (TPSA) is 0 Å². The molecule has 3 radical (unpaired) electrons. The van der Waals surface area contributed by atoms with Crippen molar-refractivity contribution in [2.75, 3.05) is 0 Å². The zero-order valence-electron chi connectivity index (χ0n) is 1.79. The number of hydrogen-bond acceptors (Lipinski definition) is 0. The molecule has 0 bridgehead atoms. The molecule has 0 rings (SSSR count). The third-order valence-electron chi connectivity index (χ3n) is 0. The quantitative estimate of drug-likeness (QED) is 0.509. The smallest absolute Gasteiger partial charge is 0 e. The average molecular weight is 393 g/mol. The average Bonchev–Trinajstić information content (AvgIpc) is 0. The molecule has 23 valence electrons. The van der Waals surface area contributed by atoms with Crippen LogP contribution < -0.4 is 0 Å². The first-order valence-electron chi connectivity index (χ1n) is 0. The molecule has 0 saturated carbocycles. The van der Waals surface area contributed by atoms with E-state index < -0.39 is 0 Å². The molecule has 4 heavy (non-hydrogen) atoms. The van der Waals surface area contributed by atoms with Gasteiger partial charge >= 0.3 is 0 Å². The Balaban J connectivity index is 0. The van der Waals surface area contributed by atoms with Crippen LogP contribution in [0.3, 0.4) is 0 Å². The summed E-state index contributed by atoms with van der Waals surface area (Å²) in [6.07, 6.45) is 0. The van der Waals surface area contributed by atoms with Gasteiger partial charge in [0.05, 0.1) is 0 Å². The molecule has 0 unspecified atom stereocenters. The van der Waals surface area contributed by atoms with E-state index in [1.807, 2.05) is 0 Å². The first kappa shape index (κ1) is 25.6. The van der Waals surface area contributed by atoms with Gasteiger partial charge in [0.15, 0.2) is 0 Å². The first-order valence-corrected chi connectivity index (χ1v) is 0. The molecular weight excluding hydrogens is 393 g/mol. The van der Waals surface area contributed by atoms with Gasteiger partial charge in [-0.3, -0.25) is 0 Å². The fraction of sp³-hybridized carbons (Fsp3) is 0. The summed E-state index contributed by atoms with van der Waals surface area (Å²) in [6, 6.07) is 0. The zero-order chi connectivity index (χ0) is 0. The van der Waals surface area contributed by atoms with Crippen LogP contribution >= 0.6 is 0 Å². The summed E-state index contributed by atoms with van der Waals surface area (Å²) in [7, 11) is 0. The van der Waals surface area contributed by atoms with Crippen molar-refractivity contribution in [3.63, 3.8) is 0 Å². The molecule has 0 nitrogen and oxygen atoms in total. The summed E-state index contributed by atoms with van der Waals surface area (Å²) >= 11 is 0. The van der Waals surface area contributed by atoms with Gasteiger partial charge < -0.3 is 0 Å². The fourth-order valence-electron chi connectivity index (χ4n) is 0. The molecule has 0 amide bonds. The van der Waals surface area contributed by atoms with Crippen LogP contribution in [0.5, 0.6) is 0 Å². The molecule has 0 N–H and O–H groups in total. The van der Waals surface area contributed by atoms with Crippen LogP contribution in [0.25, 0.3) is 0 Å². The van der Waals surface area contributed by atoms with E-state index in [-0.39, 0.29) is 111 Å². The van der Waals surface area contributed by atoms with Crippen molar-refractivity contribution in [3.8, 4) is 0 Å². The van der Waals surface area contributed by atoms with E-state index in [9.17, 15) is 0 Å². The van der Waals surface area contributed by atoms with Crippen LogP contribution in [0.15, 0.2) is 0 Å². The van der Waals surface area contributed by atoms with Crippen LogP contribution in [0.2, 0.25) is 0 Å². The van der Waals surface area contributed by atoms with Crippen LogP contribution in [-0.2, 0) is 33.8 Å². The van der Waals surface area contributed by atoms with Crippen molar-refractivity contribution in [1.29, 1.82) is 0 Å². The fourth-order valence-corrected chi connectivity index (χ4v) is 0. The molecule has 0 aromatic carbocycles. The molecule has 0 aromatic heterocycles. The van der Waals surface area contributed by atoms with Crippen LogP contribution in [0.4, 0.5) is 0 Å². The standard InChI is InChI=1S/Ce.Co.La.Mn. The molecule has 0 aromatic rings. The van der Waals surface area contributed by atoms with Crippen molar-refractivity contribution in [2.24, 2.45) is 0 Å². The summed E-state index contributed by atoms with van der Waals surface area (Å²) in [5.41, 5.74) is 0. The van der Waals surface area contributed by atoms with E-state index in [4.69, 9.17) is 0 Å².